The largest absolute Gasteiger partial charge is 0.468 e. The highest BCUT2D eigenvalue weighted by Gasteiger charge is 2.61. The van der Waals surface area contributed by atoms with Crippen molar-refractivity contribution in [3.63, 3.8) is 0 Å². The van der Waals surface area contributed by atoms with E-state index in [1.807, 2.05) is 0 Å². The minimum absolute atomic E-state index is 0.00119. The first kappa shape index (κ1) is 13.9. The molecule has 1 unspecified atom stereocenters. The van der Waals surface area contributed by atoms with Crippen molar-refractivity contribution in [3.05, 3.63) is 34.9 Å². The fourth-order valence-electron chi connectivity index (χ4n) is 2.47. The predicted molar refractivity (Wildman–Crippen MR) is 69.6 cm³/mol. The molecule has 0 N–H and O–H groups in total. The van der Waals surface area contributed by atoms with Crippen LogP contribution in [-0.2, 0) is 24.7 Å². The highest BCUT2D eigenvalue weighted by Crippen LogP contribution is 2.51. The number of carbonyl (C=O) groups is 2. The van der Waals surface area contributed by atoms with Gasteiger partial charge in [0.25, 0.3) is 0 Å². The van der Waals surface area contributed by atoms with Crippen LogP contribution in [0.1, 0.15) is 25.8 Å². The van der Waals surface area contributed by atoms with Crippen LogP contribution in [0.2, 0.25) is 5.02 Å². The van der Waals surface area contributed by atoms with Crippen molar-refractivity contribution in [2.24, 2.45) is 5.41 Å². The molecule has 0 bridgehead atoms. The molecule has 0 radical (unpaired) electrons. The molecule has 1 aliphatic rings. The standard InChI is InChI=1S/C14H15ClO4/c1-13(12(17)18-3)8-11(16)19-14(13,2)9-4-6-10(15)7-5-9/h4-7H,8H2,1-3H3/t13?,14-/m1/s1. The maximum Gasteiger partial charge on any atom is 0.316 e. The number of benzene rings is 1. The molecule has 0 saturated carbocycles. The van der Waals surface area contributed by atoms with Crippen molar-refractivity contribution in [3.8, 4) is 0 Å². The number of methoxy groups -OCH3 is 1. The number of hydrogen-bond donors (Lipinski definition) is 0. The number of rotatable bonds is 2. The van der Waals surface area contributed by atoms with E-state index in [0.717, 1.165) is 5.56 Å². The fraction of sp³-hybridized carbons (Fsp3) is 0.429. The molecule has 1 heterocycles. The lowest BCUT2D eigenvalue weighted by atomic mass is 9.70. The molecule has 0 spiro atoms. The first-order valence-electron chi connectivity index (χ1n) is 5.90. The maximum atomic E-state index is 12.1. The lowest BCUT2D eigenvalue weighted by molar-refractivity contribution is -0.165. The van der Waals surface area contributed by atoms with Gasteiger partial charge >= 0.3 is 11.9 Å². The van der Waals surface area contributed by atoms with Gasteiger partial charge in [-0.15, -0.1) is 0 Å². The average molecular weight is 283 g/mol. The summed E-state index contributed by atoms with van der Waals surface area (Å²) in [6.07, 6.45) is -0.00119. The van der Waals surface area contributed by atoms with Crippen LogP contribution in [0.15, 0.2) is 24.3 Å². The molecular formula is C14H15ClO4. The molecule has 1 fully saturated rings. The summed E-state index contributed by atoms with van der Waals surface area (Å²) in [5.41, 5.74) is -1.38. The zero-order valence-corrected chi connectivity index (χ0v) is 11.8. The lowest BCUT2D eigenvalue weighted by Crippen LogP contribution is -2.44. The maximum absolute atomic E-state index is 12.1. The Balaban J connectivity index is 2.53. The monoisotopic (exact) mass is 282 g/mol. The van der Waals surface area contributed by atoms with Gasteiger partial charge in [0, 0.05) is 5.02 Å². The second-order valence-electron chi connectivity index (χ2n) is 5.01. The number of carbonyl (C=O) groups excluding carboxylic acids is 2. The third-order valence-electron chi connectivity index (χ3n) is 3.90. The summed E-state index contributed by atoms with van der Waals surface area (Å²) < 4.78 is 10.3. The van der Waals surface area contributed by atoms with Gasteiger partial charge in [0.15, 0.2) is 5.60 Å². The van der Waals surface area contributed by atoms with E-state index >= 15 is 0 Å². The summed E-state index contributed by atoms with van der Waals surface area (Å²) in [4.78, 5) is 23.7. The molecule has 1 saturated heterocycles. The van der Waals surface area contributed by atoms with Crippen molar-refractivity contribution < 1.29 is 19.1 Å². The molecular weight excluding hydrogens is 268 g/mol. The van der Waals surface area contributed by atoms with E-state index < -0.39 is 23.0 Å². The first-order valence-corrected chi connectivity index (χ1v) is 6.27. The normalized spacial score (nSPS) is 30.0. The van der Waals surface area contributed by atoms with Gasteiger partial charge in [0.1, 0.15) is 5.41 Å². The Bertz CT molecular complexity index is 525. The molecule has 5 heteroatoms. The third kappa shape index (κ3) is 2.00. The number of esters is 2. The number of hydrogen-bond acceptors (Lipinski definition) is 4. The minimum Gasteiger partial charge on any atom is -0.468 e. The van der Waals surface area contributed by atoms with Crippen molar-refractivity contribution in [1.29, 1.82) is 0 Å². The smallest absolute Gasteiger partial charge is 0.316 e. The Hall–Kier alpha value is -1.55. The Morgan fingerprint density at radius 2 is 1.89 bits per heavy atom. The van der Waals surface area contributed by atoms with Crippen LogP contribution in [-0.4, -0.2) is 19.0 Å². The van der Waals surface area contributed by atoms with Crippen LogP contribution >= 0.6 is 11.6 Å². The van der Waals surface area contributed by atoms with Gasteiger partial charge in [-0.05, 0) is 31.5 Å². The van der Waals surface area contributed by atoms with E-state index in [1.165, 1.54) is 7.11 Å². The molecule has 4 nitrogen and oxygen atoms in total. The molecule has 1 aliphatic heterocycles. The van der Waals surface area contributed by atoms with Gasteiger partial charge in [0.2, 0.25) is 0 Å². The van der Waals surface area contributed by atoms with E-state index in [0.29, 0.717) is 5.02 Å². The van der Waals surface area contributed by atoms with E-state index in [1.54, 1.807) is 38.1 Å². The molecule has 2 rings (SSSR count). The van der Waals surface area contributed by atoms with E-state index in [-0.39, 0.29) is 6.42 Å². The molecule has 102 valence electrons. The highest BCUT2D eigenvalue weighted by atomic mass is 35.5. The van der Waals surface area contributed by atoms with Crippen LogP contribution in [0.4, 0.5) is 0 Å². The van der Waals surface area contributed by atoms with Crippen LogP contribution in [0.25, 0.3) is 0 Å². The van der Waals surface area contributed by atoms with Crippen molar-refractivity contribution >= 4 is 23.5 Å². The van der Waals surface area contributed by atoms with E-state index in [2.05, 4.69) is 0 Å². The summed E-state index contributed by atoms with van der Waals surface area (Å²) in [5.74, 6) is -0.874. The molecule has 0 aliphatic carbocycles. The van der Waals surface area contributed by atoms with E-state index in [9.17, 15) is 9.59 Å². The molecule has 0 aromatic heterocycles. The van der Waals surface area contributed by atoms with Crippen molar-refractivity contribution in [1.82, 2.24) is 0 Å². The second-order valence-corrected chi connectivity index (χ2v) is 5.45. The Kier molecular flexibility index (Phi) is 3.31. The summed E-state index contributed by atoms with van der Waals surface area (Å²) in [6.45, 7) is 3.40. The molecule has 1 aromatic rings. The second kappa shape index (κ2) is 4.53. The zero-order valence-electron chi connectivity index (χ0n) is 11.0. The Labute approximate surface area is 116 Å². The van der Waals surface area contributed by atoms with Gasteiger partial charge < -0.3 is 9.47 Å². The topological polar surface area (TPSA) is 52.6 Å². The van der Waals surface area contributed by atoms with Gasteiger partial charge in [-0.25, -0.2) is 0 Å². The van der Waals surface area contributed by atoms with Gasteiger partial charge in [-0.3, -0.25) is 9.59 Å². The fourth-order valence-corrected chi connectivity index (χ4v) is 2.60. The van der Waals surface area contributed by atoms with Gasteiger partial charge in [-0.2, -0.15) is 0 Å². The summed E-state index contributed by atoms with van der Waals surface area (Å²) in [5, 5.41) is 0.580. The molecule has 1 aromatic carbocycles. The van der Waals surface area contributed by atoms with Crippen molar-refractivity contribution in [2.75, 3.05) is 7.11 Å². The summed E-state index contributed by atoms with van der Waals surface area (Å²) >= 11 is 5.85. The predicted octanol–water partition coefficient (Wildman–Crippen LogP) is 2.68. The Morgan fingerprint density at radius 1 is 1.32 bits per heavy atom. The SMILES string of the molecule is COC(=O)C1(C)CC(=O)O[C@]1(C)c1ccc(Cl)cc1. The first-order chi connectivity index (χ1) is 8.83. The Morgan fingerprint density at radius 3 is 2.42 bits per heavy atom. The average Bonchev–Trinajstić information content (AvgIpc) is 2.61. The van der Waals surface area contributed by atoms with Gasteiger partial charge in [-0.1, -0.05) is 23.7 Å². The van der Waals surface area contributed by atoms with Crippen LogP contribution in [0.5, 0.6) is 0 Å². The lowest BCUT2D eigenvalue weighted by Gasteiger charge is -2.36. The quantitative estimate of drug-likeness (QED) is 0.783. The van der Waals surface area contributed by atoms with Crippen LogP contribution < -0.4 is 0 Å². The van der Waals surface area contributed by atoms with E-state index in [4.69, 9.17) is 21.1 Å². The van der Waals surface area contributed by atoms with Gasteiger partial charge in [0.05, 0.1) is 13.5 Å². The van der Waals surface area contributed by atoms with Crippen LogP contribution in [0.3, 0.4) is 0 Å². The zero-order chi connectivity index (χ0) is 14.3. The number of cyclic esters (lactones) is 1. The molecule has 0 amide bonds. The number of halogens is 1. The van der Waals surface area contributed by atoms with Crippen LogP contribution in [0, 0.1) is 5.41 Å². The molecule has 2 atom stereocenters. The minimum atomic E-state index is -1.05. The van der Waals surface area contributed by atoms with Crippen molar-refractivity contribution in [2.45, 2.75) is 25.9 Å². The molecule has 19 heavy (non-hydrogen) atoms. The highest BCUT2D eigenvalue weighted by molar-refractivity contribution is 6.30. The third-order valence-corrected chi connectivity index (χ3v) is 4.15. The summed E-state index contributed by atoms with van der Waals surface area (Å²) in [7, 11) is 1.30. The summed E-state index contributed by atoms with van der Waals surface area (Å²) in [6, 6.07) is 6.90. The number of ether oxygens (including phenoxy) is 2.